The average molecular weight is 462 g/mol. The number of amides is 1. The number of anilines is 1. The summed E-state index contributed by atoms with van der Waals surface area (Å²) >= 11 is 0. The highest BCUT2D eigenvalue weighted by Crippen LogP contribution is 2.20. The van der Waals surface area contributed by atoms with Crippen molar-refractivity contribution in [1.82, 2.24) is 20.0 Å². The summed E-state index contributed by atoms with van der Waals surface area (Å²) in [6.07, 6.45) is 5.84. The van der Waals surface area contributed by atoms with Gasteiger partial charge in [-0.25, -0.2) is 0 Å². The van der Waals surface area contributed by atoms with E-state index >= 15 is 0 Å². The van der Waals surface area contributed by atoms with Crippen LogP contribution in [0.3, 0.4) is 0 Å². The third-order valence-electron chi connectivity index (χ3n) is 4.12. The topological polar surface area (TPSA) is 65.8 Å². The molecule has 0 aromatic carbocycles. The minimum atomic E-state index is 0. The standard InChI is InChI=1S/C17H30N6O.HI/c1-17(2,3)7-6-8-19-16(18-4)22-9-10-23(15(24)13-22)14-11-20-21(5)12-14;/h11-12H,6-10,13H2,1-5H3,(H,18,19);1H. The van der Waals surface area contributed by atoms with Gasteiger partial charge < -0.3 is 15.1 Å². The Morgan fingerprint density at radius 2 is 2.08 bits per heavy atom. The van der Waals surface area contributed by atoms with Gasteiger partial charge in [-0.05, 0) is 18.3 Å². The molecular weight excluding hydrogens is 431 g/mol. The Labute approximate surface area is 167 Å². The number of nitrogens with zero attached hydrogens (tertiary/aromatic N) is 5. The van der Waals surface area contributed by atoms with Gasteiger partial charge >= 0.3 is 0 Å². The van der Waals surface area contributed by atoms with Crippen molar-refractivity contribution >= 4 is 41.5 Å². The summed E-state index contributed by atoms with van der Waals surface area (Å²) in [6.45, 7) is 9.37. The second-order valence-electron chi connectivity index (χ2n) is 7.48. The molecule has 25 heavy (non-hydrogen) atoms. The van der Waals surface area contributed by atoms with Crippen LogP contribution >= 0.6 is 24.0 Å². The molecule has 2 rings (SSSR count). The van der Waals surface area contributed by atoms with Crippen LogP contribution in [0.5, 0.6) is 0 Å². The summed E-state index contributed by atoms with van der Waals surface area (Å²) in [4.78, 5) is 20.6. The number of piperazine rings is 1. The van der Waals surface area contributed by atoms with Crippen LogP contribution in [0.2, 0.25) is 0 Å². The number of halogens is 1. The molecule has 0 bridgehead atoms. The lowest BCUT2D eigenvalue weighted by molar-refractivity contribution is -0.120. The van der Waals surface area contributed by atoms with E-state index in [1.807, 2.05) is 18.1 Å². The number of hydrogen-bond donors (Lipinski definition) is 1. The smallest absolute Gasteiger partial charge is 0.246 e. The van der Waals surface area contributed by atoms with E-state index in [-0.39, 0.29) is 29.9 Å². The highest BCUT2D eigenvalue weighted by Gasteiger charge is 2.27. The molecule has 1 N–H and O–H groups in total. The number of aromatic nitrogens is 2. The Morgan fingerprint density at radius 1 is 1.36 bits per heavy atom. The highest BCUT2D eigenvalue weighted by molar-refractivity contribution is 14.0. The Bertz CT molecular complexity index is 592. The van der Waals surface area contributed by atoms with Gasteiger partial charge in [0.2, 0.25) is 5.91 Å². The zero-order valence-electron chi connectivity index (χ0n) is 15.9. The predicted molar refractivity (Wildman–Crippen MR) is 113 cm³/mol. The number of aryl methyl sites for hydroxylation is 1. The molecule has 2 heterocycles. The fourth-order valence-electron chi connectivity index (χ4n) is 2.83. The van der Waals surface area contributed by atoms with E-state index in [0.717, 1.165) is 37.6 Å². The molecule has 0 unspecified atom stereocenters. The molecule has 1 amide bonds. The summed E-state index contributed by atoms with van der Waals surface area (Å²) in [6, 6.07) is 0. The zero-order chi connectivity index (χ0) is 17.7. The summed E-state index contributed by atoms with van der Waals surface area (Å²) < 4.78 is 1.71. The molecule has 8 heteroatoms. The van der Waals surface area contributed by atoms with Gasteiger partial charge in [0.15, 0.2) is 5.96 Å². The van der Waals surface area contributed by atoms with Crippen LogP contribution in [-0.2, 0) is 11.8 Å². The van der Waals surface area contributed by atoms with Gasteiger partial charge in [0.05, 0.1) is 11.9 Å². The summed E-state index contributed by atoms with van der Waals surface area (Å²) in [5.74, 6) is 0.884. The molecule has 1 aliphatic rings. The molecule has 0 aliphatic carbocycles. The molecule has 1 aromatic rings. The predicted octanol–water partition coefficient (Wildman–Crippen LogP) is 2.09. The van der Waals surface area contributed by atoms with E-state index in [9.17, 15) is 4.79 Å². The number of rotatable bonds is 4. The first-order valence-electron chi connectivity index (χ1n) is 8.55. The zero-order valence-corrected chi connectivity index (χ0v) is 18.3. The number of nitrogens with one attached hydrogen (secondary N) is 1. The first kappa shape index (κ1) is 21.7. The van der Waals surface area contributed by atoms with Gasteiger partial charge in [0.1, 0.15) is 6.54 Å². The Morgan fingerprint density at radius 3 is 2.60 bits per heavy atom. The molecule has 1 fully saturated rings. The van der Waals surface area contributed by atoms with Crippen molar-refractivity contribution in [3.05, 3.63) is 12.4 Å². The molecule has 1 aromatic heterocycles. The molecular formula is C17H31IN6O. The van der Waals surface area contributed by atoms with Crippen LogP contribution in [-0.4, -0.2) is 59.8 Å². The van der Waals surface area contributed by atoms with Crippen molar-refractivity contribution in [2.75, 3.05) is 38.1 Å². The van der Waals surface area contributed by atoms with Crippen molar-refractivity contribution < 1.29 is 4.79 Å². The monoisotopic (exact) mass is 462 g/mol. The van der Waals surface area contributed by atoms with Crippen molar-refractivity contribution in [2.45, 2.75) is 33.6 Å². The van der Waals surface area contributed by atoms with Crippen LogP contribution < -0.4 is 10.2 Å². The van der Waals surface area contributed by atoms with Gasteiger partial charge in [-0.3, -0.25) is 14.5 Å². The molecule has 0 atom stereocenters. The fourth-order valence-corrected chi connectivity index (χ4v) is 2.83. The lowest BCUT2D eigenvalue weighted by Crippen LogP contribution is -2.55. The van der Waals surface area contributed by atoms with E-state index in [0.29, 0.717) is 18.5 Å². The number of hydrogen-bond acceptors (Lipinski definition) is 3. The minimum absolute atomic E-state index is 0. The van der Waals surface area contributed by atoms with Crippen molar-refractivity contribution in [3.63, 3.8) is 0 Å². The quantitative estimate of drug-likeness (QED) is 0.322. The van der Waals surface area contributed by atoms with Crippen molar-refractivity contribution in [2.24, 2.45) is 17.5 Å². The maximum Gasteiger partial charge on any atom is 0.246 e. The maximum absolute atomic E-state index is 12.5. The van der Waals surface area contributed by atoms with Crippen LogP contribution in [0.1, 0.15) is 33.6 Å². The van der Waals surface area contributed by atoms with Crippen molar-refractivity contribution in [1.29, 1.82) is 0 Å². The normalized spacial score (nSPS) is 16.0. The van der Waals surface area contributed by atoms with E-state index < -0.39 is 0 Å². The molecule has 0 spiro atoms. The summed E-state index contributed by atoms with van der Waals surface area (Å²) in [5, 5.41) is 7.52. The van der Waals surface area contributed by atoms with E-state index in [1.165, 1.54) is 0 Å². The summed E-state index contributed by atoms with van der Waals surface area (Å²) in [5.41, 5.74) is 1.20. The van der Waals surface area contributed by atoms with Gasteiger partial charge in [-0.2, -0.15) is 5.10 Å². The third-order valence-corrected chi connectivity index (χ3v) is 4.12. The molecule has 0 radical (unpaired) electrons. The first-order chi connectivity index (χ1) is 11.3. The number of guanidine groups is 1. The van der Waals surface area contributed by atoms with Crippen LogP contribution in [0, 0.1) is 5.41 Å². The largest absolute Gasteiger partial charge is 0.356 e. The first-order valence-corrected chi connectivity index (χ1v) is 8.55. The number of aliphatic imine (C=N–C) groups is 1. The average Bonchev–Trinajstić information content (AvgIpc) is 2.92. The Hall–Kier alpha value is -1.32. The third kappa shape index (κ3) is 6.48. The Balaban J connectivity index is 0.00000312. The molecule has 0 saturated carbocycles. The van der Waals surface area contributed by atoms with E-state index in [1.54, 1.807) is 22.8 Å². The van der Waals surface area contributed by atoms with Gasteiger partial charge in [0, 0.05) is 39.9 Å². The number of carbonyl (C=O) groups is 1. The second-order valence-corrected chi connectivity index (χ2v) is 7.48. The molecule has 1 aliphatic heterocycles. The fraction of sp³-hybridized carbons (Fsp3) is 0.706. The SMILES string of the molecule is CN=C(NCCCC(C)(C)C)N1CCN(c2cnn(C)c2)C(=O)C1.I. The minimum Gasteiger partial charge on any atom is -0.356 e. The van der Waals surface area contributed by atoms with Gasteiger partial charge in [-0.15, -0.1) is 24.0 Å². The summed E-state index contributed by atoms with van der Waals surface area (Å²) in [7, 11) is 3.62. The molecule has 142 valence electrons. The maximum atomic E-state index is 12.5. The van der Waals surface area contributed by atoms with Crippen LogP contribution in [0.15, 0.2) is 17.4 Å². The number of carbonyl (C=O) groups excluding carboxylic acids is 1. The van der Waals surface area contributed by atoms with E-state index in [4.69, 9.17) is 0 Å². The lowest BCUT2D eigenvalue weighted by atomic mass is 9.91. The second kappa shape index (κ2) is 9.40. The Kier molecular flexibility index (Phi) is 8.17. The lowest BCUT2D eigenvalue weighted by Gasteiger charge is -2.35. The van der Waals surface area contributed by atoms with E-state index in [2.05, 4.69) is 36.2 Å². The van der Waals surface area contributed by atoms with Crippen molar-refractivity contribution in [3.8, 4) is 0 Å². The van der Waals surface area contributed by atoms with Gasteiger partial charge in [0.25, 0.3) is 0 Å². The molecule has 1 saturated heterocycles. The highest BCUT2D eigenvalue weighted by atomic mass is 127. The van der Waals surface area contributed by atoms with Crippen LogP contribution in [0.4, 0.5) is 5.69 Å². The van der Waals surface area contributed by atoms with Gasteiger partial charge in [-0.1, -0.05) is 20.8 Å². The molecule has 7 nitrogen and oxygen atoms in total. The van der Waals surface area contributed by atoms with Crippen LogP contribution in [0.25, 0.3) is 0 Å².